The summed E-state index contributed by atoms with van der Waals surface area (Å²) in [6.45, 7) is 8.07. The molecule has 0 aromatic carbocycles. The van der Waals surface area contributed by atoms with Gasteiger partial charge in [-0.1, -0.05) is 13.8 Å². The number of likely N-dealkylation sites (tertiary alicyclic amines) is 1. The number of hydrogen-bond acceptors (Lipinski definition) is 4. The minimum absolute atomic E-state index is 0.0613. The van der Waals surface area contributed by atoms with Gasteiger partial charge >= 0.3 is 0 Å². The number of carbonyl (C=O) groups excluding carboxylic acids is 1. The summed E-state index contributed by atoms with van der Waals surface area (Å²) in [5.74, 6) is 0.587. The molecule has 5 heteroatoms. The molecule has 2 atom stereocenters. The van der Waals surface area contributed by atoms with E-state index >= 15 is 0 Å². The molecule has 2 fully saturated rings. The maximum atomic E-state index is 12.7. The second-order valence-corrected chi connectivity index (χ2v) is 6.69. The van der Waals surface area contributed by atoms with E-state index in [1.165, 1.54) is 0 Å². The van der Waals surface area contributed by atoms with Crippen molar-refractivity contribution >= 4 is 5.91 Å². The van der Waals surface area contributed by atoms with E-state index < -0.39 is 0 Å². The first-order valence-corrected chi connectivity index (χ1v) is 8.39. The van der Waals surface area contributed by atoms with Crippen molar-refractivity contribution in [3.63, 3.8) is 0 Å². The third-order valence-corrected chi connectivity index (χ3v) is 4.85. The van der Waals surface area contributed by atoms with Crippen LogP contribution in [0.5, 0.6) is 0 Å². The molecule has 5 nitrogen and oxygen atoms in total. The van der Waals surface area contributed by atoms with Crippen molar-refractivity contribution in [2.75, 3.05) is 33.4 Å². The Balaban J connectivity index is 1.93. The molecule has 2 N–H and O–H groups in total. The fraction of sp³-hybridized carbons (Fsp3) is 0.938. The second kappa shape index (κ2) is 8.11. The van der Waals surface area contributed by atoms with Gasteiger partial charge in [0.1, 0.15) is 0 Å². The fourth-order valence-corrected chi connectivity index (χ4v) is 3.51. The number of nitrogens with one attached hydrogen (secondary N) is 2. The Labute approximate surface area is 128 Å². The van der Waals surface area contributed by atoms with E-state index in [4.69, 9.17) is 4.74 Å². The number of hydrogen-bond donors (Lipinski definition) is 2. The summed E-state index contributed by atoms with van der Waals surface area (Å²) in [5, 5.41) is 6.61. The van der Waals surface area contributed by atoms with Crippen LogP contribution in [0.1, 0.15) is 39.5 Å². The zero-order chi connectivity index (χ0) is 15.2. The first-order chi connectivity index (χ1) is 10.1. The van der Waals surface area contributed by atoms with Crippen LogP contribution in [0.4, 0.5) is 0 Å². The minimum atomic E-state index is 0.0613. The van der Waals surface area contributed by atoms with Crippen molar-refractivity contribution in [2.24, 2.45) is 5.92 Å². The number of nitrogens with zero attached hydrogens (tertiary/aromatic N) is 1. The molecule has 0 saturated carbocycles. The summed E-state index contributed by atoms with van der Waals surface area (Å²) in [5.41, 5.74) is 0. The molecule has 0 bridgehead atoms. The lowest BCUT2D eigenvalue weighted by Crippen LogP contribution is -2.53. The molecular formula is C16H31N3O2. The number of piperidine rings is 1. The molecule has 2 rings (SSSR count). The molecule has 21 heavy (non-hydrogen) atoms. The molecule has 2 aliphatic rings. The smallest absolute Gasteiger partial charge is 0.237 e. The van der Waals surface area contributed by atoms with Crippen molar-refractivity contribution in [2.45, 2.75) is 57.7 Å². The predicted molar refractivity (Wildman–Crippen MR) is 84.3 cm³/mol. The molecule has 2 aliphatic heterocycles. The lowest BCUT2D eigenvalue weighted by Gasteiger charge is -2.36. The van der Waals surface area contributed by atoms with Crippen molar-refractivity contribution in [1.29, 1.82) is 0 Å². The van der Waals surface area contributed by atoms with Crippen LogP contribution in [0.2, 0.25) is 0 Å². The van der Waals surface area contributed by atoms with Crippen LogP contribution >= 0.6 is 0 Å². The van der Waals surface area contributed by atoms with Gasteiger partial charge in [0, 0.05) is 13.2 Å². The van der Waals surface area contributed by atoms with Crippen LogP contribution in [-0.2, 0) is 9.53 Å². The van der Waals surface area contributed by atoms with Crippen LogP contribution in [0.3, 0.4) is 0 Å². The van der Waals surface area contributed by atoms with Crippen LogP contribution in [0.15, 0.2) is 0 Å². The van der Waals surface area contributed by atoms with Crippen LogP contribution in [-0.4, -0.2) is 62.3 Å². The molecule has 2 heterocycles. The highest BCUT2D eigenvalue weighted by Crippen LogP contribution is 2.24. The summed E-state index contributed by atoms with van der Waals surface area (Å²) in [6, 6.07) is 0.744. The number of ether oxygens (including phenoxy) is 1. The highest BCUT2D eigenvalue weighted by atomic mass is 16.5. The third-order valence-electron chi connectivity index (χ3n) is 4.85. The number of amides is 1. The van der Waals surface area contributed by atoms with Gasteiger partial charge < -0.3 is 15.4 Å². The highest BCUT2D eigenvalue weighted by molar-refractivity contribution is 5.82. The normalized spacial score (nSPS) is 26.2. The molecule has 0 radical (unpaired) electrons. The Morgan fingerprint density at radius 3 is 2.67 bits per heavy atom. The van der Waals surface area contributed by atoms with Gasteiger partial charge in [0.25, 0.3) is 0 Å². The van der Waals surface area contributed by atoms with Gasteiger partial charge in [-0.25, -0.2) is 0 Å². The Bertz CT molecular complexity index is 329. The lowest BCUT2D eigenvalue weighted by atomic mass is 10.0. The van der Waals surface area contributed by atoms with Crippen molar-refractivity contribution in [1.82, 2.24) is 15.5 Å². The zero-order valence-corrected chi connectivity index (χ0v) is 13.7. The molecule has 2 saturated heterocycles. The van der Waals surface area contributed by atoms with Crippen molar-refractivity contribution < 1.29 is 9.53 Å². The average Bonchev–Trinajstić information content (AvgIpc) is 2.97. The van der Waals surface area contributed by atoms with Gasteiger partial charge in [0.15, 0.2) is 0 Å². The fourth-order valence-electron chi connectivity index (χ4n) is 3.51. The maximum Gasteiger partial charge on any atom is 0.237 e. The van der Waals surface area contributed by atoms with Gasteiger partial charge in [-0.2, -0.15) is 0 Å². The molecule has 2 unspecified atom stereocenters. The Hall–Kier alpha value is -0.650. The van der Waals surface area contributed by atoms with Gasteiger partial charge in [-0.05, 0) is 51.2 Å². The highest BCUT2D eigenvalue weighted by Gasteiger charge is 2.36. The molecule has 1 amide bonds. The molecule has 0 aliphatic carbocycles. The lowest BCUT2D eigenvalue weighted by molar-refractivity contribution is -0.127. The predicted octanol–water partition coefficient (Wildman–Crippen LogP) is 0.990. The minimum Gasteiger partial charge on any atom is -0.383 e. The van der Waals surface area contributed by atoms with Gasteiger partial charge in [0.2, 0.25) is 5.91 Å². The van der Waals surface area contributed by atoms with Crippen LogP contribution < -0.4 is 10.6 Å². The average molecular weight is 297 g/mol. The van der Waals surface area contributed by atoms with Crippen LogP contribution in [0, 0.1) is 5.92 Å². The van der Waals surface area contributed by atoms with E-state index in [0.29, 0.717) is 18.6 Å². The summed E-state index contributed by atoms with van der Waals surface area (Å²) in [4.78, 5) is 15.1. The van der Waals surface area contributed by atoms with Gasteiger partial charge in [-0.15, -0.1) is 0 Å². The summed E-state index contributed by atoms with van der Waals surface area (Å²) in [7, 11) is 1.69. The largest absolute Gasteiger partial charge is 0.383 e. The van der Waals surface area contributed by atoms with E-state index in [1.807, 2.05) is 0 Å². The van der Waals surface area contributed by atoms with E-state index in [-0.39, 0.29) is 18.0 Å². The maximum absolute atomic E-state index is 12.7. The third kappa shape index (κ3) is 4.41. The van der Waals surface area contributed by atoms with Gasteiger partial charge in [-0.3, -0.25) is 9.69 Å². The number of rotatable bonds is 6. The van der Waals surface area contributed by atoms with Crippen molar-refractivity contribution in [3.8, 4) is 0 Å². The number of carbonyl (C=O) groups is 1. The number of methoxy groups -OCH3 is 1. The Morgan fingerprint density at radius 1 is 1.33 bits per heavy atom. The summed E-state index contributed by atoms with van der Waals surface area (Å²) in [6.07, 6.45) is 4.46. The van der Waals surface area contributed by atoms with E-state index in [0.717, 1.165) is 45.3 Å². The molecule has 0 aromatic rings. The Morgan fingerprint density at radius 2 is 2.05 bits per heavy atom. The molecule has 0 spiro atoms. The zero-order valence-electron chi connectivity index (χ0n) is 13.7. The van der Waals surface area contributed by atoms with Crippen LogP contribution in [0.25, 0.3) is 0 Å². The molecule has 122 valence electrons. The first-order valence-electron chi connectivity index (χ1n) is 8.39. The van der Waals surface area contributed by atoms with E-state index in [1.54, 1.807) is 7.11 Å². The van der Waals surface area contributed by atoms with Crippen molar-refractivity contribution in [3.05, 3.63) is 0 Å². The van der Waals surface area contributed by atoms with E-state index in [9.17, 15) is 4.79 Å². The summed E-state index contributed by atoms with van der Waals surface area (Å²) < 4.78 is 5.24. The van der Waals surface area contributed by atoms with Gasteiger partial charge in [0.05, 0.1) is 18.7 Å². The quantitative estimate of drug-likeness (QED) is 0.768. The first kappa shape index (κ1) is 16.7. The monoisotopic (exact) mass is 297 g/mol. The SMILES string of the molecule is COCC(NC(=O)C1CCCN1C1CCNCC1)C(C)C. The van der Waals surface area contributed by atoms with E-state index in [2.05, 4.69) is 29.4 Å². The Kier molecular flexibility index (Phi) is 6.45. The molecule has 0 aromatic heterocycles. The summed E-state index contributed by atoms with van der Waals surface area (Å²) >= 11 is 0. The standard InChI is InChI=1S/C16H31N3O2/c1-12(2)14(11-21-3)18-16(20)15-5-4-10-19(15)13-6-8-17-9-7-13/h12-15,17H,4-11H2,1-3H3,(H,18,20). The molecular weight excluding hydrogens is 266 g/mol. The second-order valence-electron chi connectivity index (χ2n) is 6.69. The topological polar surface area (TPSA) is 53.6 Å².